The molecule has 10 heteroatoms. The number of carbonyl (C=O) groups is 1. The van der Waals surface area contributed by atoms with Crippen LogP contribution in [0.3, 0.4) is 0 Å². The summed E-state index contributed by atoms with van der Waals surface area (Å²) in [5.74, 6) is -0.796. The molecule has 0 unspecified atom stereocenters. The fourth-order valence-corrected chi connectivity index (χ4v) is 4.11. The van der Waals surface area contributed by atoms with Gasteiger partial charge in [0.1, 0.15) is 17.4 Å². The molecule has 0 spiro atoms. The Hall–Kier alpha value is -3.17. The molecule has 0 atom stereocenters. The van der Waals surface area contributed by atoms with E-state index in [4.69, 9.17) is 16.3 Å². The third-order valence-electron chi connectivity index (χ3n) is 4.53. The second-order valence-electron chi connectivity index (χ2n) is 7.02. The molecule has 174 valence electrons. The van der Waals surface area contributed by atoms with E-state index in [0.717, 1.165) is 12.1 Å². The van der Waals surface area contributed by atoms with Crippen molar-refractivity contribution in [2.45, 2.75) is 17.7 Å². The Morgan fingerprint density at radius 3 is 2.21 bits per heavy atom. The lowest BCUT2D eigenvalue weighted by molar-refractivity contribution is 0.0952. The summed E-state index contributed by atoms with van der Waals surface area (Å²) in [6.45, 7) is 0.720. The van der Waals surface area contributed by atoms with E-state index in [1.807, 2.05) is 0 Å². The summed E-state index contributed by atoms with van der Waals surface area (Å²) in [6.07, 6.45) is 1.25. The number of anilines is 1. The molecule has 2 N–H and O–H groups in total. The van der Waals surface area contributed by atoms with Crippen LogP contribution in [0.1, 0.15) is 23.2 Å². The number of unbranched alkanes of at least 4 members (excludes halogenated alkanes) is 1. The Morgan fingerprint density at radius 1 is 0.909 bits per heavy atom. The quantitative estimate of drug-likeness (QED) is 0.388. The van der Waals surface area contributed by atoms with Gasteiger partial charge in [-0.25, -0.2) is 17.2 Å². The highest BCUT2D eigenvalue weighted by molar-refractivity contribution is 7.92. The van der Waals surface area contributed by atoms with E-state index < -0.39 is 21.7 Å². The normalized spacial score (nSPS) is 11.1. The topological polar surface area (TPSA) is 84.5 Å². The molecular formula is C23H21ClF2N2O4S. The number of benzene rings is 3. The Bertz CT molecular complexity index is 1200. The van der Waals surface area contributed by atoms with Crippen LogP contribution in [0.15, 0.2) is 71.6 Å². The monoisotopic (exact) mass is 494 g/mol. The predicted molar refractivity (Wildman–Crippen MR) is 122 cm³/mol. The van der Waals surface area contributed by atoms with Gasteiger partial charge in [-0.2, -0.15) is 0 Å². The summed E-state index contributed by atoms with van der Waals surface area (Å²) in [5.41, 5.74) is 0.196. The minimum Gasteiger partial charge on any atom is -0.494 e. The van der Waals surface area contributed by atoms with Gasteiger partial charge in [0.05, 0.1) is 22.1 Å². The van der Waals surface area contributed by atoms with Gasteiger partial charge in [0.2, 0.25) is 0 Å². The van der Waals surface area contributed by atoms with Gasteiger partial charge in [0, 0.05) is 12.2 Å². The van der Waals surface area contributed by atoms with E-state index in [1.54, 1.807) is 0 Å². The molecule has 0 fully saturated rings. The lowest BCUT2D eigenvalue weighted by Gasteiger charge is -2.11. The van der Waals surface area contributed by atoms with Gasteiger partial charge in [-0.3, -0.25) is 9.52 Å². The first-order chi connectivity index (χ1) is 15.7. The fraction of sp³-hybridized carbons (Fsp3) is 0.174. The number of amides is 1. The van der Waals surface area contributed by atoms with Gasteiger partial charge in [0.15, 0.2) is 0 Å². The maximum absolute atomic E-state index is 13.0. The fourth-order valence-electron chi connectivity index (χ4n) is 2.82. The van der Waals surface area contributed by atoms with Crippen molar-refractivity contribution in [3.05, 3.63) is 89.0 Å². The molecule has 0 aliphatic carbocycles. The van der Waals surface area contributed by atoms with Crippen molar-refractivity contribution in [2.75, 3.05) is 17.9 Å². The van der Waals surface area contributed by atoms with Crippen molar-refractivity contribution in [1.82, 2.24) is 5.32 Å². The number of ether oxygens (including phenoxy) is 1. The standard InChI is InChI=1S/C23H21ClF2N2O4S/c24-22-12-11-20(33(30,31)28-18-7-3-16(25)4-8-18)15-21(22)23(29)27-13-1-2-14-32-19-9-5-17(26)6-10-19/h3-12,15,28H,1-2,13-14H2,(H,27,29). The summed E-state index contributed by atoms with van der Waals surface area (Å²) in [5, 5.41) is 2.80. The second kappa shape index (κ2) is 11.1. The van der Waals surface area contributed by atoms with E-state index in [-0.39, 0.29) is 27.0 Å². The van der Waals surface area contributed by atoms with Crippen LogP contribution in [-0.4, -0.2) is 27.5 Å². The van der Waals surface area contributed by atoms with Crippen LogP contribution in [0, 0.1) is 11.6 Å². The maximum atomic E-state index is 13.0. The molecule has 0 radical (unpaired) electrons. The van der Waals surface area contributed by atoms with Gasteiger partial charge in [-0.05, 0) is 79.6 Å². The van der Waals surface area contributed by atoms with Crippen LogP contribution >= 0.6 is 11.6 Å². The van der Waals surface area contributed by atoms with E-state index in [1.165, 1.54) is 54.6 Å². The highest BCUT2D eigenvalue weighted by atomic mass is 35.5. The summed E-state index contributed by atoms with van der Waals surface area (Å²) < 4.78 is 59.0. The predicted octanol–water partition coefficient (Wildman–Crippen LogP) is 5.01. The molecule has 0 aliphatic rings. The first-order valence-electron chi connectivity index (χ1n) is 9.99. The van der Waals surface area contributed by atoms with Crippen LogP contribution in [0.2, 0.25) is 5.02 Å². The number of hydrogen-bond acceptors (Lipinski definition) is 4. The number of halogens is 3. The summed E-state index contributed by atoms with van der Waals surface area (Å²) in [6, 6.07) is 14.3. The number of sulfonamides is 1. The van der Waals surface area contributed by atoms with Crippen molar-refractivity contribution >= 4 is 33.2 Å². The molecule has 3 rings (SSSR count). The lowest BCUT2D eigenvalue weighted by atomic mass is 10.2. The number of hydrogen-bond donors (Lipinski definition) is 2. The second-order valence-corrected chi connectivity index (χ2v) is 9.11. The van der Waals surface area contributed by atoms with Crippen LogP contribution in [-0.2, 0) is 10.0 Å². The van der Waals surface area contributed by atoms with Gasteiger partial charge in [-0.15, -0.1) is 0 Å². The van der Waals surface area contributed by atoms with Gasteiger partial charge in [0.25, 0.3) is 15.9 Å². The number of rotatable bonds is 10. The average molecular weight is 495 g/mol. The molecule has 0 heterocycles. The number of carbonyl (C=O) groups excluding carboxylic acids is 1. The first kappa shape index (κ1) is 24.5. The molecule has 3 aromatic carbocycles. The first-order valence-corrected chi connectivity index (χ1v) is 11.9. The molecule has 33 heavy (non-hydrogen) atoms. The van der Waals surface area contributed by atoms with Crippen molar-refractivity contribution in [2.24, 2.45) is 0 Å². The minimum atomic E-state index is -4.01. The van der Waals surface area contributed by atoms with Crippen LogP contribution in [0.4, 0.5) is 14.5 Å². The highest BCUT2D eigenvalue weighted by Crippen LogP contribution is 2.23. The Labute approximate surface area is 195 Å². The smallest absolute Gasteiger partial charge is 0.261 e. The third-order valence-corrected chi connectivity index (χ3v) is 6.24. The van der Waals surface area contributed by atoms with E-state index in [9.17, 15) is 22.0 Å². The van der Waals surface area contributed by atoms with Gasteiger partial charge < -0.3 is 10.1 Å². The molecule has 0 saturated heterocycles. The van der Waals surface area contributed by atoms with Gasteiger partial charge >= 0.3 is 0 Å². The van der Waals surface area contributed by atoms with Crippen LogP contribution in [0.5, 0.6) is 5.75 Å². The lowest BCUT2D eigenvalue weighted by Crippen LogP contribution is -2.25. The zero-order valence-electron chi connectivity index (χ0n) is 17.4. The molecule has 0 aliphatic heterocycles. The largest absolute Gasteiger partial charge is 0.494 e. The van der Waals surface area contributed by atoms with E-state index >= 15 is 0 Å². The zero-order valence-corrected chi connectivity index (χ0v) is 18.9. The highest BCUT2D eigenvalue weighted by Gasteiger charge is 2.19. The zero-order chi connectivity index (χ0) is 23.8. The van der Waals surface area contributed by atoms with Crippen molar-refractivity contribution in [3.63, 3.8) is 0 Å². The van der Waals surface area contributed by atoms with E-state index in [0.29, 0.717) is 31.7 Å². The van der Waals surface area contributed by atoms with E-state index in [2.05, 4.69) is 10.0 Å². The van der Waals surface area contributed by atoms with Gasteiger partial charge in [-0.1, -0.05) is 11.6 Å². The SMILES string of the molecule is O=C(NCCCCOc1ccc(F)cc1)c1cc(S(=O)(=O)Nc2ccc(F)cc2)ccc1Cl. The Balaban J connectivity index is 1.53. The minimum absolute atomic E-state index is 0.0150. The van der Waals surface area contributed by atoms with Crippen LogP contribution in [0.25, 0.3) is 0 Å². The van der Waals surface area contributed by atoms with Crippen molar-refractivity contribution in [1.29, 1.82) is 0 Å². The van der Waals surface area contributed by atoms with Crippen molar-refractivity contribution in [3.8, 4) is 5.75 Å². The molecule has 0 bridgehead atoms. The maximum Gasteiger partial charge on any atom is 0.261 e. The molecule has 6 nitrogen and oxygen atoms in total. The summed E-state index contributed by atoms with van der Waals surface area (Å²) >= 11 is 6.10. The average Bonchev–Trinajstić information content (AvgIpc) is 2.78. The molecule has 0 saturated carbocycles. The molecule has 0 aromatic heterocycles. The third kappa shape index (κ3) is 7.16. The molecule has 1 amide bonds. The van der Waals surface area contributed by atoms with Crippen LogP contribution < -0.4 is 14.8 Å². The molecular weight excluding hydrogens is 474 g/mol. The molecule has 3 aromatic rings. The van der Waals surface area contributed by atoms with Crippen molar-refractivity contribution < 1.29 is 26.7 Å². The Kier molecular flexibility index (Phi) is 8.24. The summed E-state index contributed by atoms with van der Waals surface area (Å²) in [7, 11) is -4.01. The number of nitrogens with one attached hydrogen (secondary N) is 2. The Morgan fingerprint density at radius 2 is 1.55 bits per heavy atom. The summed E-state index contributed by atoms with van der Waals surface area (Å²) in [4.78, 5) is 12.3.